The summed E-state index contributed by atoms with van der Waals surface area (Å²) in [5.41, 5.74) is -1.79. The van der Waals surface area contributed by atoms with Crippen molar-refractivity contribution in [2.75, 3.05) is 11.9 Å². The quantitative estimate of drug-likeness (QED) is 0.676. The van der Waals surface area contributed by atoms with Crippen LogP contribution < -0.4 is 5.32 Å². The average molecular weight is 231 g/mol. The molecule has 6 nitrogen and oxygen atoms in total. The van der Waals surface area contributed by atoms with Crippen LogP contribution in [0.15, 0.2) is 0 Å². The maximum atomic E-state index is 10.6. The third-order valence-electron chi connectivity index (χ3n) is 1.83. The fourth-order valence-electron chi connectivity index (χ4n) is 0.793. The number of carbonyl (C=O) groups is 1. The first kappa shape index (κ1) is 11.9. The molecule has 0 fully saturated rings. The second kappa shape index (κ2) is 4.54. The Kier molecular flexibility index (Phi) is 3.59. The number of aromatic nitrogens is 2. The Morgan fingerprint density at radius 3 is 2.80 bits per heavy atom. The summed E-state index contributed by atoms with van der Waals surface area (Å²) in [4.78, 5) is 14.7. The fraction of sp³-hybridized carbons (Fsp3) is 0.625. The average Bonchev–Trinajstić information content (AvgIpc) is 2.62. The minimum Gasteiger partial charge on any atom is -0.479 e. The molecule has 0 radical (unpaired) electrons. The van der Waals surface area contributed by atoms with E-state index >= 15 is 0 Å². The molecule has 1 unspecified atom stereocenters. The summed E-state index contributed by atoms with van der Waals surface area (Å²) >= 11 is 1.15. The van der Waals surface area contributed by atoms with Gasteiger partial charge in [-0.05, 0) is 6.92 Å². The lowest BCUT2D eigenvalue weighted by Gasteiger charge is -2.17. The van der Waals surface area contributed by atoms with E-state index in [0.29, 0.717) is 11.0 Å². The highest BCUT2D eigenvalue weighted by molar-refractivity contribution is 7.09. The molecule has 0 amide bonds. The van der Waals surface area contributed by atoms with Gasteiger partial charge < -0.3 is 15.5 Å². The van der Waals surface area contributed by atoms with Crippen LogP contribution in [0.2, 0.25) is 0 Å². The topological polar surface area (TPSA) is 95.3 Å². The molecule has 15 heavy (non-hydrogen) atoms. The van der Waals surface area contributed by atoms with Crippen molar-refractivity contribution >= 4 is 22.6 Å². The van der Waals surface area contributed by atoms with Gasteiger partial charge in [0.2, 0.25) is 5.13 Å². The van der Waals surface area contributed by atoms with Gasteiger partial charge in [0.1, 0.15) is 5.82 Å². The van der Waals surface area contributed by atoms with E-state index in [2.05, 4.69) is 14.7 Å². The molecular weight excluding hydrogens is 218 g/mol. The van der Waals surface area contributed by atoms with Gasteiger partial charge in [0, 0.05) is 18.0 Å². The van der Waals surface area contributed by atoms with Gasteiger partial charge in [0.25, 0.3) is 0 Å². The van der Waals surface area contributed by atoms with Crippen molar-refractivity contribution in [3.8, 4) is 0 Å². The van der Waals surface area contributed by atoms with Crippen LogP contribution >= 0.6 is 11.5 Å². The van der Waals surface area contributed by atoms with Crippen molar-refractivity contribution in [1.82, 2.24) is 9.36 Å². The molecule has 0 bridgehead atoms. The number of anilines is 1. The number of hydrogen-bond acceptors (Lipinski definition) is 6. The minimum atomic E-state index is -1.79. The van der Waals surface area contributed by atoms with Crippen LogP contribution in [0, 0.1) is 0 Å². The maximum absolute atomic E-state index is 10.6. The molecule has 0 saturated heterocycles. The number of hydrogen-bond donors (Lipinski definition) is 3. The summed E-state index contributed by atoms with van der Waals surface area (Å²) in [5, 5.41) is 21.3. The number of aliphatic hydroxyl groups is 1. The molecule has 0 aromatic carbocycles. The maximum Gasteiger partial charge on any atom is 0.337 e. The highest BCUT2D eigenvalue weighted by Crippen LogP contribution is 2.13. The van der Waals surface area contributed by atoms with Crippen molar-refractivity contribution < 1.29 is 15.0 Å². The standard InChI is InChI=1S/C8H13N3O3S/c1-3-5-10-7(15-11-5)9-4-8(2,14)6(12)13/h14H,3-4H2,1-2H3,(H,12,13)(H,9,10,11). The van der Waals surface area contributed by atoms with E-state index in [-0.39, 0.29) is 6.54 Å². The zero-order valence-electron chi connectivity index (χ0n) is 8.52. The summed E-state index contributed by atoms with van der Waals surface area (Å²) < 4.78 is 4.02. The van der Waals surface area contributed by atoms with Gasteiger partial charge in [-0.1, -0.05) is 6.92 Å². The Morgan fingerprint density at radius 1 is 1.67 bits per heavy atom. The van der Waals surface area contributed by atoms with Crippen LogP contribution in [0.3, 0.4) is 0 Å². The largest absolute Gasteiger partial charge is 0.479 e. The van der Waals surface area contributed by atoms with Crippen LogP contribution in [-0.2, 0) is 11.2 Å². The lowest BCUT2D eigenvalue weighted by atomic mass is 10.1. The summed E-state index contributed by atoms with van der Waals surface area (Å²) in [6.45, 7) is 3.06. The van der Waals surface area contributed by atoms with Crippen molar-refractivity contribution in [2.24, 2.45) is 0 Å². The summed E-state index contributed by atoms with van der Waals surface area (Å²) in [7, 11) is 0. The van der Waals surface area contributed by atoms with Gasteiger partial charge in [-0.15, -0.1) is 0 Å². The first-order valence-corrected chi connectivity index (χ1v) is 5.25. The van der Waals surface area contributed by atoms with E-state index in [4.69, 9.17) is 5.11 Å². The predicted molar refractivity (Wildman–Crippen MR) is 56.0 cm³/mol. The van der Waals surface area contributed by atoms with E-state index in [1.165, 1.54) is 6.92 Å². The Balaban J connectivity index is 2.53. The van der Waals surface area contributed by atoms with Crippen LogP contribution in [0.4, 0.5) is 5.13 Å². The second-order valence-corrected chi connectivity index (χ2v) is 4.05. The van der Waals surface area contributed by atoms with Crippen LogP contribution in [0.25, 0.3) is 0 Å². The monoisotopic (exact) mass is 231 g/mol. The van der Waals surface area contributed by atoms with Crippen molar-refractivity contribution in [3.05, 3.63) is 5.82 Å². The van der Waals surface area contributed by atoms with Gasteiger partial charge in [-0.3, -0.25) is 0 Å². The SMILES string of the molecule is CCc1nsc(NCC(C)(O)C(=O)O)n1. The number of rotatable bonds is 5. The minimum absolute atomic E-state index is 0.0965. The van der Waals surface area contributed by atoms with Crippen LogP contribution in [-0.4, -0.2) is 37.7 Å². The molecule has 84 valence electrons. The van der Waals surface area contributed by atoms with Crippen molar-refractivity contribution in [1.29, 1.82) is 0 Å². The van der Waals surface area contributed by atoms with E-state index in [0.717, 1.165) is 18.0 Å². The first-order valence-electron chi connectivity index (χ1n) is 4.48. The van der Waals surface area contributed by atoms with E-state index in [1.807, 2.05) is 6.92 Å². The Morgan fingerprint density at radius 2 is 2.33 bits per heavy atom. The van der Waals surface area contributed by atoms with Gasteiger partial charge in [-0.25, -0.2) is 9.78 Å². The second-order valence-electron chi connectivity index (χ2n) is 3.30. The first-order chi connectivity index (χ1) is 6.95. The van der Waals surface area contributed by atoms with Gasteiger partial charge in [-0.2, -0.15) is 4.37 Å². The molecular formula is C8H13N3O3S. The van der Waals surface area contributed by atoms with E-state index < -0.39 is 11.6 Å². The Hall–Kier alpha value is -1.21. The smallest absolute Gasteiger partial charge is 0.337 e. The molecule has 0 spiro atoms. The molecule has 7 heteroatoms. The predicted octanol–water partition coefficient (Wildman–Crippen LogP) is 0.348. The fourth-order valence-corrected chi connectivity index (χ4v) is 1.44. The number of nitrogens with zero attached hydrogens (tertiary/aromatic N) is 2. The summed E-state index contributed by atoms with van der Waals surface area (Å²) in [6.07, 6.45) is 0.730. The number of aryl methyl sites for hydroxylation is 1. The number of aliphatic carboxylic acids is 1. The van der Waals surface area contributed by atoms with Gasteiger partial charge in [0.15, 0.2) is 5.60 Å². The molecule has 1 rings (SSSR count). The summed E-state index contributed by atoms with van der Waals surface area (Å²) in [6, 6.07) is 0. The Bertz CT molecular complexity index is 351. The number of carboxylic acids is 1. The van der Waals surface area contributed by atoms with Crippen LogP contribution in [0.1, 0.15) is 19.7 Å². The molecule has 0 aliphatic carbocycles. The zero-order chi connectivity index (χ0) is 11.5. The molecule has 1 heterocycles. The van der Waals surface area contributed by atoms with Crippen molar-refractivity contribution in [3.63, 3.8) is 0 Å². The number of carboxylic acid groups (broad SMARTS) is 1. The highest BCUT2D eigenvalue weighted by atomic mass is 32.1. The lowest BCUT2D eigenvalue weighted by molar-refractivity contribution is -0.155. The molecule has 1 aromatic rings. The third-order valence-corrected chi connectivity index (χ3v) is 2.54. The van der Waals surface area contributed by atoms with Gasteiger partial charge >= 0.3 is 5.97 Å². The molecule has 0 aliphatic rings. The normalized spacial score (nSPS) is 14.6. The molecule has 1 atom stereocenters. The van der Waals surface area contributed by atoms with E-state index in [9.17, 15) is 9.90 Å². The highest BCUT2D eigenvalue weighted by Gasteiger charge is 2.29. The van der Waals surface area contributed by atoms with Crippen LogP contribution in [0.5, 0.6) is 0 Å². The molecule has 0 saturated carbocycles. The van der Waals surface area contributed by atoms with Gasteiger partial charge in [0.05, 0.1) is 6.54 Å². The molecule has 3 N–H and O–H groups in total. The Labute approximate surface area is 91.1 Å². The molecule has 1 aromatic heterocycles. The van der Waals surface area contributed by atoms with E-state index in [1.54, 1.807) is 0 Å². The summed E-state index contributed by atoms with van der Waals surface area (Å²) in [5.74, 6) is -0.562. The third kappa shape index (κ3) is 3.14. The van der Waals surface area contributed by atoms with Crippen molar-refractivity contribution in [2.45, 2.75) is 25.9 Å². The number of nitrogens with one attached hydrogen (secondary N) is 1. The lowest BCUT2D eigenvalue weighted by Crippen LogP contribution is -2.41. The molecule has 0 aliphatic heterocycles. The zero-order valence-corrected chi connectivity index (χ0v) is 9.34.